The Kier molecular flexibility index (Phi) is 5.33. The van der Waals surface area contributed by atoms with Crippen LogP contribution in [0.25, 0.3) is 5.57 Å². The van der Waals surface area contributed by atoms with Gasteiger partial charge in [0.05, 0.1) is 13.2 Å². The first kappa shape index (κ1) is 15.8. The fraction of sp³-hybridized carbons (Fsp3) is 0.375. The van der Waals surface area contributed by atoms with E-state index in [2.05, 4.69) is 11.4 Å². The number of carbonyl (C=O) groups excluding carboxylic acids is 1. The predicted octanol–water partition coefficient (Wildman–Crippen LogP) is 2.91. The van der Waals surface area contributed by atoms with E-state index in [1.54, 1.807) is 14.0 Å². The molecule has 106 valence electrons. The zero-order chi connectivity index (χ0) is 15.2. The summed E-state index contributed by atoms with van der Waals surface area (Å²) >= 11 is 0. The summed E-state index contributed by atoms with van der Waals surface area (Å²) in [5.41, 5.74) is 0.811. The summed E-state index contributed by atoms with van der Waals surface area (Å²) in [5, 5.41) is 11.8. The minimum atomic E-state index is -0.839. The molecule has 1 N–H and O–H groups in total. The van der Waals surface area contributed by atoms with Crippen molar-refractivity contribution in [2.75, 3.05) is 7.11 Å². The number of para-hydroxylation sites is 1. The normalized spacial score (nSPS) is 14.1. The molecule has 0 aromatic heterocycles. The van der Waals surface area contributed by atoms with Crippen molar-refractivity contribution in [2.24, 2.45) is 0 Å². The molecule has 0 aliphatic rings. The molecule has 0 bridgehead atoms. The van der Waals surface area contributed by atoms with Crippen molar-refractivity contribution in [3.63, 3.8) is 0 Å². The van der Waals surface area contributed by atoms with Crippen LogP contribution in [0.15, 0.2) is 30.3 Å². The Balaban J connectivity index is 2.94. The molecule has 1 atom stereocenters. The van der Waals surface area contributed by atoms with Crippen LogP contribution in [0.4, 0.5) is 0 Å². The predicted molar refractivity (Wildman–Crippen MR) is 79.1 cm³/mol. The van der Waals surface area contributed by atoms with E-state index in [4.69, 9.17) is 10.00 Å². The fourth-order valence-electron chi connectivity index (χ4n) is 1.75. The molecule has 20 heavy (non-hydrogen) atoms. The highest BCUT2D eigenvalue weighted by Gasteiger charge is 2.22. The lowest BCUT2D eigenvalue weighted by molar-refractivity contribution is -0.117. The number of nitriles is 1. The van der Waals surface area contributed by atoms with Crippen LogP contribution in [0, 0.1) is 11.3 Å². The van der Waals surface area contributed by atoms with E-state index < -0.39 is 5.54 Å². The van der Waals surface area contributed by atoms with E-state index in [1.807, 2.05) is 38.1 Å². The van der Waals surface area contributed by atoms with Gasteiger partial charge in [0.25, 0.3) is 0 Å². The van der Waals surface area contributed by atoms with E-state index in [1.165, 1.54) is 6.08 Å². The number of methoxy groups -OCH3 is 1. The lowest BCUT2D eigenvalue weighted by Gasteiger charge is -2.20. The molecule has 1 aromatic carbocycles. The molecule has 0 saturated carbocycles. The van der Waals surface area contributed by atoms with Gasteiger partial charge < -0.3 is 10.1 Å². The number of benzene rings is 1. The average molecular weight is 272 g/mol. The highest BCUT2D eigenvalue weighted by atomic mass is 16.5. The van der Waals surface area contributed by atoms with Crippen molar-refractivity contribution in [1.82, 2.24) is 5.32 Å². The standard InChI is InChI=1S/C16H20N2O2/c1-5-16(3,11-17)18-15(19)10-12(2)13-8-6-7-9-14(13)20-4/h6-10H,5H2,1-4H3,(H,18,19)/b12-10-/t16-/m0/s1. The first-order chi connectivity index (χ1) is 9.45. The second-order valence-corrected chi connectivity index (χ2v) is 4.81. The van der Waals surface area contributed by atoms with Gasteiger partial charge in [-0.05, 0) is 31.9 Å². The third-order valence-electron chi connectivity index (χ3n) is 3.23. The maximum absolute atomic E-state index is 12.0. The van der Waals surface area contributed by atoms with Gasteiger partial charge in [0, 0.05) is 11.6 Å². The van der Waals surface area contributed by atoms with E-state index in [0.717, 1.165) is 11.1 Å². The van der Waals surface area contributed by atoms with Gasteiger partial charge in [0.15, 0.2) is 0 Å². The fourth-order valence-corrected chi connectivity index (χ4v) is 1.75. The molecule has 0 heterocycles. The second kappa shape index (κ2) is 6.76. The van der Waals surface area contributed by atoms with Crippen LogP contribution in [0.3, 0.4) is 0 Å². The monoisotopic (exact) mass is 272 g/mol. The molecule has 1 rings (SSSR count). The smallest absolute Gasteiger partial charge is 0.245 e. The SMILES string of the molecule is CC[C@@](C)(C#N)NC(=O)/C=C(/C)c1ccccc1OC. The minimum Gasteiger partial charge on any atom is -0.496 e. The van der Waals surface area contributed by atoms with Crippen LogP contribution in [-0.2, 0) is 4.79 Å². The third-order valence-corrected chi connectivity index (χ3v) is 3.23. The van der Waals surface area contributed by atoms with Crippen LogP contribution in [0.1, 0.15) is 32.8 Å². The number of hydrogen-bond acceptors (Lipinski definition) is 3. The van der Waals surface area contributed by atoms with Gasteiger partial charge in [0.2, 0.25) is 5.91 Å². The summed E-state index contributed by atoms with van der Waals surface area (Å²) in [6, 6.07) is 9.60. The lowest BCUT2D eigenvalue weighted by Crippen LogP contribution is -2.43. The van der Waals surface area contributed by atoms with Crippen LogP contribution in [0.5, 0.6) is 5.75 Å². The number of rotatable bonds is 5. The van der Waals surface area contributed by atoms with Crippen molar-refractivity contribution >= 4 is 11.5 Å². The van der Waals surface area contributed by atoms with Gasteiger partial charge in [-0.15, -0.1) is 0 Å². The Morgan fingerprint density at radius 1 is 1.50 bits per heavy atom. The molecule has 0 aliphatic heterocycles. The summed E-state index contributed by atoms with van der Waals surface area (Å²) in [7, 11) is 1.59. The van der Waals surface area contributed by atoms with Crippen LogP contribution < -0.4 is 10.1 Å². The molecule has 0 unspecified atom stereocenters. The van der Waals surface area contributed by atoms with Crippen molar-refractivity contribution in [3.05, 3.63) is 35.9 Å². The van der Waals surface area contributed by atoms with Crippen LogP contribution in [-0.4, -0.2) is 18.6 Å². The Morgan fingerprint density at radius 2 is 2.15 bits per heavy atom. The van der Waals surface area contributed by atoms with E-state index >= 15 is 0 Å². The highest BCUT2D eigenvalue weighted by molar-refractivity contribution is 5.96. The van der Waals surface area contributed by atoms with E-state index in [0.29, 0.717) is 12.2 Å². The van der Waals surface area contributed by atoms with Crippen molar-refractivity contribution in [3.8, 4) is 11.8 Å². The van der Waals surface area contributed by atoms with E-state index in [-0.39, 0.29) is 5.91 Å². The molecule has 4 nitrogen and oxygen atoms in total. The molecule has 1 amide bonds. The summed E-state index contributed by atoms with van der Waals surface area (Å²) < 4.78 is 5.27. The highest BCUT2D eigenvalue weighted by Crippen LogP contribution is 2.25. The average Bonchev–Trinajstić information content (AvgIpc) is 2.46. The maximum Gasteiger partial charge on any atom is 0.245 e. The van der Waals surface area contributed by atoms with Gasteiger partial charge in [-0.3, -0.25) is 4.79 Å². The molecular weight excluding hydrogens is 252 g/mol. The summed E-state index contributed by atoms with van der Waals surface area (Å²) in [5.74, 6) is 0.437. The van der Waals surface area contributed by atoms with Gasteiger partial charge in [-0.25, -0.2) is 0 Å². The Bertz CT molecular complexity index is 558. The van der Waals surface area contributed by atoms with Crippen LogP contribution in [0.2, 0.25) is 0 Å². The Labute approximate surface area is 120 Å². The topological polar surface area (TPSA) is 62.1 Å². The number of amides is 1. The van der Waals surface area contributed by atoms with Gasteiger partial charge in [-0.1, -0.05) is 25.1 Å². The Morgan fingerprint density at radius 3 is 2.70 bits per heavy atom. The second-order valence-electron chi connectivity index (χ2n) is 4.81. The van der Waals surface area contributed by atoms with E-state index in [9.17, 15) is 4.79 Å². The summed E-state index contributed by atoms with van der Waals surface area (Å²) in [6.07, 6.45) is 2.04. The van der Waals surface area contributed by atoms with Gasteiger partial charge >= 0.3 is 0 Å². The number of carbonyl (C=O) groups is 1. The molecule has 0 aliphatic carbocycles. The maximum atomic E-state index is 12.0. The van der Waals surface area contributed by atoms with Gasteiger partial charge in [-0.2, -0.15) is 5.26 Å². The number of allylic oxidation sites excluding steroid dienone is 1. The molecule has 0 fully saturated rings. The molecule has 0 radical (unpaired) electrons. The Hall–Kier alpha value is -2.28. The first-order valence-electron chi connectivity index (χ1n) is 6.51. The minimum absolute atomic E-state index is 0.278. The molecule has 0 spiro atoms. The van der Waals surface area contributed by atoms with Crippen molar-refractivity contribution in [1.29, 1.82) is 5.26 Å². The molecular formula is C16H20N2O2. The third kappa shape index (κ3) is 3.86. The lowest BCUT2D eigenvalue weighted by atomic mass is 10.0. The summed E-state index contributed by atoms with van der Waals surface area (Å²) in [4.78, 5) is 12.0. The number of nitrogens with one attached hydrogen (secondary N) is 1. The number of nitrogens with zero attached hydrogens (tertiary/aromatic N) is 1. The van der Waals surface area contributed by atoms with Gasteiger partial charge in [0.1, 0.15) is 11.3 Å². The largest absolute Gasteiger partial charge is 0.496 e. The van der Waals surface area contributed by atoms with Crippen molar-refractivity contribution < 1.29 is 9.53 Å². The van der Waals surface area contributed by atoms with Crippen LogP contribution >= 0.6 is 0 Å². The molecule has 1 aromatic rings. The number of hydrogen-bond donors (Lipinski definition) is 1. The zero-order valence-corrected chi connectivity index (χ0v) is 12.4. The zero-order valence-electron chi connectivity index (χ0n) is 12.4. The summed E-state index contributed by atoms with van der Waals surface area (Å²) in [6.45, 7) is 5.41. The van der Waals surface area contributed by atoms with Crippen molar-refractivity contribution in [2.45, 2.75) is 32.7 Å². The molecule has 4 heteroatoms. The molecule has 0 saturated heterocycles. The number of ether oxygens (including phenoxy) is 1. The quantitative estimate of drug-likeness (QED) is 0.838. The first-order valence-corrected chi connectivity index (χ1v) is 6.51.